The number of ether oxygens (including phenoxy) is 1. The van der Waals surface area contributed by atoms with Gasteiger partial charge in [0.05, 0.1) is 34.7 Å². The van der Waals surface area contributed by atoms with Crippen molar-refractivity contribution in [1.82, 2.24) is 19.5 Å². The normalized spacial score (nSPS) is 20.3. The molecule has 176 valence electrons. The summed E-state index contributed by atoms with van der Waals surface area (Å²) in [7, 11) is 0. The number of aromatic nitrogens is 4. The molecule has 6 rings (SSSR count). The van der Waals surface area contributed by atoms with E-state index >= 15 is 0 Å². The number of nitrogens with one attached hydrogen (secondary N) is 1. The Morgan fingerprint density at radius 1 is 1.24 bits per heavy atom. The first-order valence-corrected chi connectivity index (χ1v) is 13.6. The number of thioether (sulfide) groups is 1. The predicted molar refractivity (Wildman–Crippen MR) is 136 cm³/mol. The smallest absolute Gasteiger partial charge is 0.262 e. The summed E-state index contributed by atoms with van der Waals surface area (Å²) in [4.78, 5) is 41.0. The van der Waals surface area contributed by atoms with Gasteiger partial charge in [0.15, 0.2) is 5.16 Å². The Hall–Kier alpha value is -2.49. The Balaban J connectivity index is 1.34. The number of aromatic amines is 1. The van der Waals surface area contributed by atoms with E-state index in [-0.39, 0.29) is 17.2 Å². The van der Waals surface area contributed by atoms with Gasteiger partial charge >= 0.3 is 0 Å². The molecule has 0 bridgehead atoms. The van der Waals surface area contributed by atoms with Gasteiger partial charge in [0, 0.05) is 11.5 Å². The van der Waals surface area contributed by atoms with Crippen molar-refractivity contribution in [2.75, 3.05) is 6.61 Å². The minimum atomic E-state index is -0.0594. The molecule has 1 aliphatic carbocycles. The van der Waals surface area contributed by atoms with Crippen molar-refractivity contribution in [1.29, 1.82) is 0 Å². The second-order valence-corrected chi connectivity index (χ2v) is 11.3. The Labute approximate surface area is 204 Å². The Morgan fingerprint density at radius 3 is 2.97 bits per heavy atom. The van der Waals surface area contributed by atoms with Crippen LogP contribution in [-0.2, 0) is 29.9 Å². The van der Waals surface area contributed by atoms with Gasteiger partial charge in [0.2, 0.25) is 0 Å². The Morgan fingerprint density at radius 2 is 2.12 bits per heavy atom. The minimum Gasteiger partial charge on any atom is -0.376 e. The zero-order valence-corrected chi connectivity index (χ0v) is 20.6. The lowest BCUT2D eigenvalue weighted by atomic mass is 9.89. The maximum absolute atomic E-state index is 13.3. The third-order valence-corrected chi connectivity index (χ3v) is 8.93. The first-order valence-electron chi connectivity index (χ1n) is 11.8. The van der Waals surface area contributed by atoms with Crippen LogP contribution in [0.1, 0.15) is 42.5 Å². The van der Waals surface area contributed by atoms with Crippen LogP contribution >= 0.6 is 23.1 Å². The molecule has 1 aliphatic heterocycles. The van der Waals surface area contributed by atoms with Gasteiger partial charge in [-0.2, -0.15) is 0 Å². The van der Waals surface area contributed by atoms with Gasteiger partial charge in [-0.1, -0.05) is 30.8 Å². The van der Waals surface area contributed by atoms with Gasteiger partial charge in [-0.05, 0) is 55.7 Å². The van der Waals surface area contributed by atoms with Crippen LogP contribution in [0.25, 0.3) is 21.1 Å². The summed E-state index contributed by atoms with van der Waals surface area (Å²) in [6.07, 6.45) is 5.07. The monoisotopic (exact) mass is 494 g/mol. The molecule has 3 aromatic heterocycles. The van der Waals surface area contributed by atoms with Gasteiger partial charge in [0.25, 0.3) is 11.1 Å². The van der Waals surface area contributed by atoms with E-state index in [0.29, 0.717) is 40.1 Å². The molecule has 1 saturated heterocycles. The van der Waals surface area contributed by atoms with Crippen LogP contribution in [0.3, 0.4) is 0 Å². The molecule has 2 unspecified atom stereocenters. The fourth-order valence-electron chi connectivity index (χ4n) is 5.01. The summed E-state index contributed by atoms with van der Waals surface area (Å²) in [5.41, 5.74) is 1.75. The third kappa shape index (κ3) is 3.99. The third-order valence-electron chi connectivity index (χ3n) is 6.79. The van der Waals surface area contributed by atoms with Crippen molar-refractivity contribution in [3.8, 4) is 0 Å². The molecule has 0 amide bonds. The number of thiophene rings is 1. The zero-order chi connectivity index (χ0) is 23.2. The number of hydrogen-bond acceptors (Lipinski definition) is 7. The van der Waals surface area contributed by atoms with Gasteiger partial charge in [-0.15, -0.1) is 11.3 Å². The fraction of sp³-hybridized carbons (Fsp3) is 0.440. The highest BCUT2D eigenvalue weighted by molar-refractivity contribution is 7.98. The number of fused-ring (bicyclic) bond motifs is 4. The minimum absolute atomic E-state index is 0.0223. The van der Waals surface area contributed by atoms with Crippen LogP contribution < -0.4 is 11.1 Å². The Kier molecular flexibility index (Phi) is 5.79. The van der Waals surface area contributed by atoms with E-state index in [1.807, 2.05) is 24.3 Å². The number of hydrogen-bond donors (Lipinski definition) is 1. The maximum atomic E-state index is 13.3. The second kappa shape index (κ2) is 8.94. The standard InChI is InChI=1S/C25H26N4O3S2/c1-14-8-9-17-19(11-14)34-23-21(17)22(30)27-20(28-23)13-33-25-26-18-7-3-2-6-16(18)24(31)29(25)12-15-5-4-10-32-15/h2-3,6-7,14-15H,4-5,8-13H2,1H3,(H,27,28,30). The van der Waals surface area contributed by atoms with E-state index in [4.69, 9.17) is 14.7 Å². The first kappa shape index (κ1) is 22.0. The quantitative estimate of drug-likeness (QED) is 0.329. The van der Waals surface area contributed by atoms with Crippen molar-refractivity contribution in [3.05, 3.63) is 61.2 Å². The molecule has 7 nitrogen and oxygen atoms in total. The molecule has 0 spiro atoms. The van der Waals surface area contributed by atoms with Gasteiger partial charge in [-0.3, -0.25) is 14.2 Å². The van der Waals surface area contributed by atoms with Crippen LogP contribution in [0.4, 0.5) is 0 Å². The summed E-state index contributed by atoms with van der Waals surface area (Å²) in [6, 6.07) is 7.43. The molecule has 9 heteroatoms. The van der Waals surface area contributed by atoms with Crippen molar-refractivity contribution < 1.29 is 4.74 Å². The van der Waals surface area contributed by atoms with Crippen LogP contribution in [0.2, 0.25) is 0 Å². The molecule has 1 aromatic carbocycles. The molecule has 1 N–H and O–H groups in total. The highest BCUT2D eigenvalue weighted by Gasteiger charge is 2.24. The highest BCUT2D eigenvalue weighted by Crippen LogP contribution is 2.36. The molecule has 4 heterocycles. The van der Waals surface area contributed by atoms with E-state index in [2.05, 4.69) is 11.9 Å². The number of para-hydroxylation sites is 1. The summed E-state index contributed by atoms with van der Waals surface area (Å²) >= 11 is 3.09. The van der Waals surface area contributed by atoms with Crippen molar-refractivity contribution in [2.24, 2.45) is 5.92 Å². The summed E-state index contributed by atoms with van der Waals surface area (Å²) < 4.78 is 7.52. The largest absolute Gasteiger partial charge is 0.376 e. The van der Waals surface area contributed by atoms with Crippen molar-refractivity contribution in [2.45, 2.75) is 62.6 Å². The fourth-order valence-corrected chi connectivity index (χ4v) is 7.29. The maximum Gasteiger partial charge on any atom is 0.262 e. The number of rotatable bonds is 5. The average Bonchev–Trinajstić information content (AvgIpc) is 3.47. The number of aryl methyl sites for hydroxylation is 1. The van der Waals surface area contributed by atoms with E-state index in [1.54, 1.807) is 15.9 Å². The van der Waals surface area contributed by atoms with Crippen molar-refractivity contribution in [3.63, 3.8) is 0 Å². The van der Waals surface area contributed by atoms with E-state index < -0.39 is 0 Å². The molecule has 1 fully saturated rings. The van der Waals surface area contributed by atoms with Crippen molar-refractivity contribution >= 4 is 44.2 Å². The summed E-state index contributed by atoms with van der Waals surface area (Å²) in [5, 5.41) is 2.00. The summed E-state index contributed by atoms with van der Waals surface area (Å²) in [6.45, 7) is 3.48. The number of nitrogens with zero attached hydrogens (tertiary/aromatic N) is 3. The van der Waals surface area contributed by atoms with Crippen LogP contribution in [0, 0.1) is 5.92 Å². The molecule has 34 heavy (non-hydrogen) atoms. The Bertz CT molecular complexity index is 1500. The van der Waals surface area contributed by atoms with Crippen LogP contribution in [0.5, 0.6) is 0 Å². The lowest BCUT2D eigenvalue weighted by Crippen LogP contribution is -2.28. The molecule has 2 atom stereocenters. The molecule has 0 saturated carbocycles. The number of H-pyrrole nitrogens is 1. The molecule has 4 aromatic rings. The first-order chi connectivity index (χ1) is 16.6. The topological polar surface area (TPSA) is 89.9 Å². The van der Waals surface area contributed by atoms with Gasteiger partial charge < -0.3 is 9.72 Å². The molecular weight excluding hydrogens is 468 g/mol. The van der Waals surface area contributed by atoms with Crippen LogP contribution in [-0.4, -0.2) is 32.2 Å². The summed E-state index contributed by atoms with van der Waals surface area (Å²) in [5.74, 6) is 1.69. The van der Waals surface area contributed by atoms with E-state index in [9.17, 15) is 9.59 Å². The lowest BCUT2D eigenvalue weighted by Gasteiger charge is -2.17. The second-order valence-electron chi connectivity index (χ2n) is 9.30. The number of benzene rings is 1. The van der Waals surface area contributed by atoms with Crippen LogP contribution in [0.15, 0.2) is 39.0 Å². The lowest BCUT2D eigenvalue weighted by molar-refractivity contribution is 0.0937. The van der Waals surface area contributed by atoms with E-state index in [1.165, 1.54) is 22.2 Å². The zero-order valence-electron chi connectivity index (χ0n) is 19.0. The molecule has 2 aliphatic rings. The average molecular weight is 495 g/mol. The van der Waals surface area contributed by atoms with Gasteiger partial charge in [-0.25, -0.2) is 9.97 Å². The predicted octanol–water partition coefficient (Wildman–Crippen LogP) is 4.29. The SMILES string of the molecule is CC1CCc2c(sc3nc(CSc4nc5ccccc5c(=O)n4CC4CCCO4)[nH]c(=O)c23)C1. The van der Waals surface area contributed by atoms with E-state index in [0.717, 1.165) is 48.9 Å². The molecular formula is C25H26N4O3S2. The highest BCUT2D eigenvalue weighted by atomic mass is 32.2. The van der Waals surface area contributed by atoms with Gasteiger partial charge in [0.1, 0.15) is 10.7 Å². The molecule has 0 radical (unpaired) electrons.